The minimum atomic E-state index is -3.72. The fourth-order valence-electron chi connectivity index (χ4n) is 2.32. The number of sulfonamides is 1. The van der Waals surface area contributed by atoms with E-state index in [1.165, 1.54) is 11.0 Å². The summed E-state index contributed by atoms with van der Waals surface area (Å²) in [5.74, 6) is -0.296. The van der Waals surface area contributed by atoms with Gasteiger partial charge in [0.05, 0.1) is 11.3 Å². The summed E-state index contributed by atoms with van der Waals surface area (Å²) in [6.07, 6.45) is 0. The van der Waals surface area contributed by atoms with Crippen molar-refractivity contribution in [2.75, 3.05) is 16.7 Å². The fraction of sp³-hybridized carbons (Fsp3) is 0.0556. The average Bonchev–Trinajstić information content (AvgIpc) is 3.17. The number of carbonyl (C=O) groups excluding carboxylic acids is 1. The van der Waals surface area contributed by atoms with Crippen LogP contribution >= 0.6 is 11.3 Å². The van der Waals surface area contributed by atoms with Gasteiger partial charge in [0.1, 0.15) is 4.21 Å². The minimum Gasteiger partial charge on any atom is -0.311 e. The van der Waals surface area contributed by atoms with E-state index in [9.17, 15) is 13.2 Å². The van der Waals surface area contributed by atoms with Gasteiger partial charge in [-0.2, -0.15) is 0 Å². The molecule has 0 aliphatic heterocycles. The second-order valence-corrected chi connectivity index (χ2v) is 8.14. The molecule has 128 valence electrons. The molecular formula is C18H16N2O3S2. The first-order chi connectivity index (χ1) is 12.0. The number of thiophene rings is 1. The molecule has 3 rings (SSSR count). The number of anilines is 2. The summed E-state index contributed by atoms with van der Waals surface area (Å²) in [5, 5.41) is 1.69. The predicted molar refractivity (Wildman–Crippen MR) is 101 cm³/mol. The van der Waals surface area contributed by atoms with Gasteiger partial charge in [-0.3, -0.25) is 9.52 Å². The second-order valence-electron chi connectivity index (χ2n) is 5.28. The molecule has 25 heavy (non-hydrogen) atoms. The van der Waals surface area contributed by atoms with Crippen molar-refractivity contribution in [2.24, 2.45) is 0 Å². The normalized spacial score (nSPS) is 11.1. The lowest BCUT2D eigenvalue weighted by Gasteiger charge is -2.19. The third-order valence-corrected chi connectivity index (χ3v) is 6.37. The SMILES string of the molecule is CN(C(=O)c1ccccc1NS(=O)(=O)c1cccs1)c1ccccc1. The summed E-state index contributed by atoms with van der Waals surface area (Å²) in [7, 11) is -2.06. The van der Waals surface area contributed by atoms with Crippen LogP contribution in [0.4, 0.5) is 11.4 Å². The number of benzene rings is 2. The van der Waals surface area contributed by atoms with E-state index in [0.717, 1.165) is 17.0 Å². The maximum Gasteiger partial charge on any atom is 0.271 e. The highest BCUT2D eigenvalue weighted by molar-refractivity contribution is 7.94. The van der Waals surface area contributed by atoms with Crippen molar-refractivity contribution in [3.63, 3.8) is 0 Å². The highest BCUT2D eigenvalue weighted by atomic mass is 32.2. The fourth-order valence-corrected chi connectivity index (χ4v) is 4.39. The van der Waals surface area contributed by atoms with Gasteiger partial charge in [0.15, 0.2) is 0 Å². The lowest BCUT2D eigenvalue weighted by Crippen LogP contribution is -2.27. The molecule has 0 aliphatic rings. The van der Waals surface area contributed by atoms with Crippen LogP contribution in [0.15, 0.2) is 76.3 Å². The summed E-state index contributed by atoms with van der Waals surface area (Å²) in [4.78, 5) is 14.3. The molecule has 1 aromatic heterocycles. The topological polar surface area (TPSA) is 66.5 Å². The summed E-state index contributed by atoms with van der Waals surface area (Å²) < 4.78 is 27.6. The van der Waals surface area contributed by atoms with E-state index >= 15 is 0 Å². The Balaban J connectivity index is 1.92. The maximum absolute atomic E-state index is 12.8. The Morgan fingerprint density at radius 2 is 1.64 bits per heavy atom. The van der Waals surface area contributed by atoms with Gasteiger partial charge >= 0.3 is 0 Å². The van der Waals surface area contributed by atoms with E-state index in [1.807, 2.05) is 30.3 Å². The molecule has 0 aliphatic carbocycles. The van der Waals surface area contributed by atoms with Gasteiger partial charge in [-0.05, 0) is 35.7 Å². The van der Waals surface area contributed by atoms with E-state index in [0.29, 0.717) is 0 Å². The Hall–Kier alpha value is -2.64. The molecule has 0 saturated heterocycles. The molecule has 0 fully saturated rings. The van der Waals surface area contributed by atoms with Crippen LogP contribution in [0.5, 0.6) is 0 Å². The molecule has 0 spiro atoms. The van der Waals surface area contributed by atoms with Crippen LogP contribution in [0.1, 0.15) is 10.4 Å². The van der Waals surface area contributed by atoms with Crippen LogP contribution in [0.2, 0.25) is 0 Å². The minimum absolute atomic E-state index is 0.200. The number of hydrogen-bond acceptors (Lipinski definition) is 4. The Labute approximate surface area is 150 Å². The lowest BCUT2D eigenvalue weighted by atomic mass is 10.1. The smallest absolute Gasteiger partial charge is 0.271 e. The van der Waals surface area contributed by atoms with Gasteiger partial charge in [-0.25, -0.2) is 8.42 Å². The molecule has 2 aromatic carbocycles. The zero-order valence-electron chi connectivity index (χ0n) is 13.4. The molecule has 7 heteroatoms. The van der Waals surface area contributed by atoms with E-state index in [-0.39, 0.29) is 21.4 Å². The first-order valence-corrected chi connectivity index (χ1v) is 9.84. The van der Waals surface area contributed by atoms with Crippen LogP contribution < -0.4 is 9.62 Å². The van der Waals surface area contributed by atoms with Crippen molar-refractivity contribution in [2.45, 2.75) is 4.21 Å². The molecular weight excluding hydrogens is 356 g/mol. The zero-order valence-corrected chi connectivity index (χ0v) is 15.0. The molecule has 0 radical (unpaired) electrons. The third kappa shape index (κ3) is 3.72. The molecule has 3 aromatic rings. The number of nitrogens with zero attached hydrogens (tertiary/aromatic N) is 1. The van der Waals surface area contributed by atoms with Crippen LogP contribution in [-0.4, -0.2) is 21.4 Å². The van der Waals surface area contributed by atoms with Crippen molar-refractivity contribution in [1.82, 2.24) is 0 Å². The van der Waals surface area contributed by atoms with Gasteiger partial charge in [-0.1, -0.05) is 36.4 Å². The molecule has 0 unspecified atom stereocenters. The Kier molecular flexibility index (Phi) is 4.87. The monoisotopic (exact) mass is 372 g/mol. The molecule has 0 atom stereocenters. The number of hydrogen-bond donors (Lipinski definition) is 1. The molecule has 0 saturated carbocycles. The average molecular weight is 372 g/mol. The van der Waals surface area contributed by atoms with Crippen molar-refractivity contribution >= 4 is 38.6 Å². The number of para-hydroxylation sites is 2. The number of rotatable bonds is 5. The van der Waals surface area contributed by atoms with E-state index in [4.69, 9.17) is 0 Å². The Morgan fingerprint density at radius 1 is 0.960 bits per heavy atom. The van der Waals surface area contributed by atoms with Gasteiger partial charge < -0.3 is 4.90 Å². The zero-order chi connectivity index (χ0) is 17.9. The first kappa shape index (κ1) is 17.2. The molecule has 1 amide bonds. The van der Waals surface area contributed by atoms with E-state index in [1.54, 1.807) is 42.8 Å². The van der Waals surface area contributed by atoms with Gasteiger partial charge in [-0.15, -0.1) is 11.3 Å². The van der Waals surface area contributed by atoms with Crippen molar-refractivity contribution in [1.29, 1.82) is 0 Å². The van der Waals surface area contributed by atoms with Gasteiger partial charge in [0.25, 0.3) is 15.9 Å². The van der Waals surface area contributed by atoms with E-state index < -0.39 is 10.0 Å². The van der Waals surface area contributed by atoms with Crippen LogP contribution in [0.3, 0.4) is 0 Å². The summed E-state index contributed by atoms with van der Waals surface area (Å²) in [5.41, 5.74) is 1.26. The Bertz CT molecular complexity index is 969. The van der Waals surface area contributed by atoms with Gasteiger partial charge in [0.2, 0.25) is 0 Å². The first-order valence-electron chi connectivity index (χ1n) is 7.47. The van der Waals surface area contributed by atoms with Crippen molar-refractivity contribution < 1.29 is 13.2 Å². The lowest BCUT2D eigenvalue weighted by molar-refractivity contribution is 0.0994. The van der Waals surface area contributed by atoms with Crippen LogP contribution in [0, 0.1) is 0 Å². The van der Waals surface area contributed by atoms with Crippen molar-refractivity contribution in [3.05, 3.63) is 77.7 Å². The van der Waals surface area contributed by atoms with E-state index in [2.05, 4.69) is 4.72 Å². The number of nitrogens with one attached hydrogen (secondary N) is 1. The summed E-state index contributed by atoms with van der Waals surface area (Å²) in [6, 6.07) is 18.9. The third-order valence-electron chi connectivity index (χ3n) is 3.61. The molecule has 1 heterocycles. The largest absolute Gasteiger partial charge is 0.311 e. The molecule has 5 nitrogen and oxygen atoms in total. The summed E-state index contributed by atoms with van der Waals surface area (Å²) >= 11 is 1.12. The number of amides is 1. The molecule has 0 bridgehead atoms. The standard InChI is InChI=1S/C18H16N2O3S2/c1-20(14-8-3-2-4-9-14)18(21)15-10-5-6-11-16(15)19-25(22,23)17-12-7-13-24-17/h2-13,19H,1H3. The summed E-state index contributed by atoms with van der Waals surface area (Å²) in [6.45, 7) is 0. The van der Waals surface area contributed by atoms with Crippen LogP contribution in [-0.2, 0) is 10.0 Å². The Morgan fingerprint density at radius 3 is 2.32 bits per heavy atom. The highest BCUT2D eigenvalue weighted by Gasteiger charge is 2.21. The molecule has 1 N–H and O–H groups in total. The number of carbonyl (C=O) groups is 1. The second kappa shape index (κ2) is 7.08. The predicted octanol–water partition coefficient (Wildman–Crippen LogP) is 3.83. The highest BCUT2D eigenvalue weighted by Crippen LogP contribution is 2.25. The quantitative estimate of drug-likeness (QED) is 0.740. The van der Waals surface area contributed by atoms with Gasteiger partial charge in [0, 0.05) is 12.7 Å². The van der Waals surface area contributed by atoms with Crippen molar-refractivity contribution in [3.8, 4) is 0 Å². The van der Waals surface area contributed by atoms with Crippen LogP contribution in [0.25, 0.3) is 0 Å². The maximum atomic E-state index is 12.8.